The number of nitrogens with two attached hydrogens (primary N) is 1. The first-order valence-electron chi connectivity index (χ1n) is 5.81. The van der Waals surface area contributed by atoms with Gasteiger partial charge in [-0.15, -0.1) is 0 Å². The third-order valence-corrected chi connectivity index (χ3v) is 2.62. The number of anilines is 1. The molecule has 0 aliphatic rings. The minimum Gasteiger partial charge on any atom is -0.497 e. The molecule has 0 aliphatic carbocycles. The smallest absolute Gasteiger partial charge is 0.360 e. The van der Waals surface area contributed by atoms with Gasteiger partial charge in [0.15, 0.2) is 5.69 Å². The lowest BCUT2D eigenvalue weighted by atomic mass is 10.3. The molecule has 0 fully saturated rings. The molecule has 6 heteroatoms. The molecule has 1 heterocycles. The minimum absolute atomic E-state index is 0.123. The number of rotatable bonds is 4. The molecular weight excluding hydrogens is 246 g/mol. The molecule has 0 radical (unpaired) electrons. The van der Waals surface area contributed by atoms with E-state index in [-0.39, 0.29) is 18.1 Å². The van der Waals surface area contributed by atoms with Gasteiger partial charge in [0.2, 0.25) is 0 Å². The molecule has 0 unspecified atom stereocenters. The zero-order valence-corrected chi connectivity index (χ0v) is 10.8. The molecule has 0 bridgehead atoms. The lowest BCUT2D eigenvalue weighted by molar-refractivity contribution is 0.0521. The third-order valence-electron chi connectivity index (χ3n) is 2.62. The summed E-state index contributed by atoms with van der Waals surface area (Å²) in [5.74, 6) is 0.476. The summed E-state index contributed by atoms with van der Waals surface area (Å²) in [6.07, 6.45) is 1.49. The second-order valence-corrected chi connectivity index (χ2v) is 3.77. The Labute approximate surface area is 110 Å². The fourth-order valence-electron chi connectivity index (χ4n) is 1.66. The van der Waals surface area contributed by atoms with Gasteiger partial charge in [-0.2, -0.15) is 0 Å². The fourth-order valence-corrected chi connectivity index (χ4v) is 1.66. The fraction of sp³-hybridized carbons (Fsp3) is 0.231. The summed E-state index contributed by atoms with van der Waals surface area (Å²) in [5.41, 5.74) is 6.82. The molecule has 19 heavy (non-hydrogen) atoms. The maximum Gasteiger partial charge on any atom is 0.360 e. The van der Waals surface area contributed by atoms with E-state index < -0.39 is 5.97 Å². The zero-order valence-electron chi connectivity index (χ0n) is 10.8. The molecule has 1 aromatic heterocycles. The van der Waals surface area contributed by atoms with Crippen LogP contribution in [0.25, 0.3) is 5.69 Å². The Morgan fingerprint density at radius 2 is 2.05 bits per heavy atom. The second-order valence-electron chi connectivity index (χ2n) is 3.77. The van der Waals surface area contributed by atoms with Crippen LogP contribution >= 0.6 is 0 Å². The van der Waals surface area contributed by atoms with Gasteiger partial charge in [-0.1, -0.05) is 0 Å². The lowest BCUT2D eigenvalue weighted by Crippen LogP contribution is -2.09. The van der Waals surface area contributed by atoms with E-state index in [1.165, 1.54) is 6.33 Å². The number of aromatic nitrogens is 2. The highest BCUT2D eigenvalue weighted by atomic mass is 16.5. The first-order chi connectivity index (χ1) is 9.17. The first-order valence-corrected chi connectivity index (χ1v) is 5.81. The molecular formula is C13H15N3O3. The van der Waals surface area contributed by atoms with Crippen LogP contribution in [0.1, 0.15) is 17.4 Å². The largest absolute Gasteiger partial charge is 0.497 e. The van der Waals surface area contributed by atoms with Crippen molar-refractivity contribution < 1.29 is 14.3 Å². The Morgan fingerprint density at radius 3 is 2.63 bits per heavy atom. The molecule has 0 atom stereocenters. The summed E-state index contributed by atoms with van der Waals surface area (Å²) in [7, 11) is 1.60. The molecule has 2 aromatic rings. The Balaban J connectivity index is 2.32. The number of nitrogens with zero attached hydrogens (tertiary/aromatic N) is 2. The van der Waals surface area contributed by atoms with E-state index in [9.17, 15) is 4.79 Å². The number of nitrogen functional groups attached to an aromatic ring is 1. The van der Waals surface area contributed by atoms with Gasteiger partial charge in [0.25, 0.3) is 0 Å². The molecule has 0 amide bonds. The van der Waals surface area contributed by atoms with E-state index in [0.717, 1.165) is 11.4 Å². The van der Waals surface area contributed by atoms with Gasteiger partial charge in [0, 0.05) is 5.69 Å². The predicted octanol–water partition coefficient (Wildman–Crippen LogP) is 1.64. The molecule has 2 N–H and O–H groups in total. The Kier molecular flexibility index (Phi) is 3.70. The van der Waals surface area contributed by atoms with Gasteiger partial charge >= 0.3 is 5.97 Å². The maximum absolute atomic E-state index is 11.6. The average molecular weight is 261 g/mol. The molecule has 0 saturated heterocycles. The van der Waals surface area contributed by atoms with Crippen molar-refractivity contribution in [1.82, 2.24) is 9.55 Å². The summed E-state index contributed by atoms with van der Waals surface area (Å²) in [5, 5.41) is 0. The van der Waals surface area contributed by atoms with E-state index in [0.29, 0.717) is 0 Å². The van der Waals surface area contributed by atoms with Crippen molar-refractivity contribution >= 4 is 11.8 Å². The van der Waals surface area contributed by atoms with Crippen LogP contribution in [-0.2, 0) is 4.74 Å². The summed E-state index contributed by atoms with van der Waals surface area (Å²) in [6.45, 7) is 2.02. The van der Waals surface area contributed by atoms with Crippen LogP contribution in [0.15, 0.2) is 30.6 Å². The van der Waals surface area contributed by atoms with Crippen molar-refractivity contribution in [3.8, 4) is 11.4 Å². The third kappa shape index (κ3) is 2.52. The van der Waals surface area contributed by atoms with Crippen molar-refractivity contribution in [3.05, 3.63) is 36.3 Å². The Hall–Kier alpha value is -2.50. The van der Waals surface area contributed by atoms with Crippen molar-refractivity contribution in [2.75, 3.05) is 19.5 Å². The lowest BCUT2D eigenvalue weighted by Gasteiger charge is -2.06. The van der Waals surface area contributed by atoms with E-state index >= 15 is 0 Å². The van der Waals surface area contributed by atoms with Crippen molar-refractivity contribution in [2.24, 2.45) is 0 Å². The molecule has 0 aliphatic heterocycles. The predicted molar refractivity (Wildman–Crippen MR) is 70.5 cm³/mol. The molecule has 1 aromatic carbocycles. The van der Waals surface area contributed by atoms with Gasteiger partial charge in [-0.3, -0.25) is 4.57 Å². The van der Waals surface area contributed by atoms with Crippen LogP contribution in [0.4, 0.5) is 5.82 Å². The molecule has 0 spiro atoms. The molecule has 6 nitrogen and oxygen atoms in total. The van der Waals surface area contributed by atoms with Crippen LogP contribution in [-0.4, -0.2) is 29.2 Å². The van der Waals surface area contributed by atoms with E-state index in [2.05, 4.69) is 4.98 Å². The number of hydrogen-bond acceptors (Lipinski definition) is 5. The number of carbonyl (C=O) groups excluding carboxylic acids is 1. The number of benzene rings is 1. The van der Waals surface area contributed by atoms with Gasteiger partial charge in [-0.05, 0) is 31.2 Å². The minimum atomic E-state index is -0.521. The molecule has 0 saturated carbocycles. The maximum atomic E-state index is 11.6. The Morgan fingerprint density at radius 1 is 1.37 bits per heavy atom. The number of esters is 1. The van der Waals surface area contributed by atoms with Crippen LogP contribution in [0.3, 0.4) is 0 Å². The van der Waals surface area contributed by atoms with Crippen molar-refractivity contribution in [3.63, 3.8) is 0 Å². The average Bonchev–Trinajstić information content (AvgIpc) is 2.81. The van der Waals surface area contributed by atoms with Gasteiger partial charge in [0.05, 0.1) is 13.7 Å². The second kappa shape index (κ2) is 5.43. The quantitative estimate of drug-likeness (QED) is 0.846. The van der Waals surface area contributed by atoms with Crippen LogP contribution in [0.2, 0.25) is 0 Å². The van der Waals surface area contributed by atoms with Crippen molar-refractivity contribution in [1.29, 1.82) is 0 Å². The normalized spacial score (nSPS) is 10.2. The number of ether oxygens (including phenoxy) is 2. The van der Waals surface area contributed by atoms with Gasteiger partial charge in [-0.25, -0.2) is 9.78 Å². The van der Waals surface area contributed by atoms with Crippen LogP contribution in [0, 0.1) is 0 Å². The van der Waals surface area contributed by atoms with Gasteiger partial charge in [0.1, 0.15) is 17.9 Å². The number of carbonyl (C=O) groups is 1. The van der Waals surface area contributed by atoms with Crippen LogP contribution < -0.4 is 10.5 Å². The summed E-state index contributed by atoms with van der Waals surface area (Å²) >= 11 is 0. The SMILES string of the molecule is CCOC(=O)c1ncn(-c2ccc(OC)cc2)c1N. The number of methoxy groups -OCH3 is 1. The summed E-state index contributed by atoms with van der Waals surface area (Å²) in [6, 6.07) is 7.26. The van der Waals surface area contributed by atoms with E-state index in [1.54, 1.807) is 30.7 Å². The zero-order chi connectivity index (χ0) is 13.8. The standard InChI is InChI=1S/C13H15N3O3/c1-3-19-13(17)11-12(14)16(8-15-11)9-4-6-10(18-2)7-5-9/h4-8H,3,14H2,1-2H3. The van der Waals surface area contributed by atoms with Crippen molar-refractivity contribution in [2.45, 2.75) is 6.92 Å². The molecule has 100 valence electrons. The number of imidazole rings is 1. The monoisotopic (exact) mass is 261 g/mol. The topological polar surface area (TPSA) is 79.4 Å². The highest BCUT2D eigenvalue weighted by Gasteiger charge is 2.17. The highest BCUT2D eigenvalue weighted by Crippen LogP contribution is 2.20. The van der Waals surface area contributed by atoms with E-state index in [1.807, 2.05) is 12.1 Å². The Bertz CT molecular complexity index is 575. The first kappa shape index (κ1) is 12.9. The molecule has 2 rings (SSSR count). The number of hydrogen-bond donors (Lipinski definition) is 1. The van der Waals surface area contributed by atoms with Crippen LogP contribution in [0.5, 0.6) is 5.75 Å². The summed E-state index contributed by atoms with van der Waals surface area (Å²) < 4.78 is 11.6. The van der Waals surface area contributed by atoms with Gasteiger partial charge < -0.3 is 15.2 Å². The van der Waals surface area contributed by atoms with E-state index in [4.69, 9.17) is 15.2 Å². The highest BCUT2D eigenvalue weighted by molar-refractivity contribution is 5.92. The summed E-state index contributed by atoms with van der Waals surface area (Å²) in [4.78, 5) is 15.6.